The number of hydrogen-bond donors (Lipinski definition) is 1. The molecular formula is C28H32BrN3O4. The molecule has 0 bridgehead atoms. The highest BCUT2D eigenvalue weighted by Crippen LogP contribution is 2.36. The Bertz CT molecular complexity index is 1300. The molecule has 0 saturated carbocycles. The lowest BCUT2D eigenvalue weighted by atomic mass is 10.1. The van der Waals surface area contributed by atoms with Gasteiger partial charge in [-0.25, -0.2) is 0 Å². The van der Waals surface area contributed by atoms with E-state index in [1.807, 2.05) is 41.2 Å². The van der Waals surface area contributed by atoms with E-state index in [1.165, 1.54) is 63.1 Å². The largest absolute Gasteiger partial charge is 0.504 e. The highest BCUT2D eigenvalue weighted by molar-refractivity contribution is 9.09. The number of hydrogen-bond acceptors (Lipinski definition) is 6. The van der Waals surface area contributed by atoms with Gasteiger partial charge in [0.1, 0.15) is 18.1 Å². The average molecular weight is 554 g/mol. The summed E-state index contributed by atoms with van der Waals surface area (Å²) in [4.78, 5) is 12.7. The Hall–Kier alpha value is -3.13. The molecule has 2 aromatic heterocycles. The Morgan fingerprint density at radius 3 is 2.42 bits per heavy atom. The first kappa shape index (κ1) is 25.9. The maximum Gasteiger partial charge on any atom is 0.205 e. The van der Waals surface area contributed by atoms with Crippen molar-refractivity contribution in [2.75, 3.05) is 5.33 Å². The summed E-state index contributed by atoms with van der Waals surface area (Å²) < 4.78 is 13.7. The minimum atomic E-state index is -0.204. The molecule has 8 heteroatoms. The van der Waals surface area contributed by atoms with E-state index in [0.717, 1.165) is 23.9 Å². The first-order chi connectivity index (χ1) is 17.7. The quantitative estimate of drug-likeness (QED) is 0.135. The van der Waals surface area contributed by atoms with Crippen LogP contribution in [0.5, 0.6) is 11.5 Å². The molecule has 7 nitrogen and oxygen atoms in total. The first-order valence-corrected chi connectivity index (χ1v) is 13.7. The van der Waals surface area contributed by atoms with Crippen molar-refractivity contribution < 1.29 is 14.3 Å². The zero-order valence-corrected chi connectivity index (χ0v) is 22.0. The van der Waals surface area contributed by atoms with E-state index in [-0.39, 0.29) is 29.1 Å². The number of ether oxygens (including phenoxy) is 1. The Labute approximate surface area is 219 Å². The van der Waals surface area contributed by atoms with E-state index in [0.29, 0.717) is 16.8 Å². The molecule has 0 spiro atoms. The maximum absolute atomic E-state index is 12.7. The molecule has 4 rings (SSSR count). The number of benzene rings is 2. The third-order valence-electron chi connectivity index (χ3n) is 6.11. The summed E-state index contributed by atoms with van der Waals surface area (Å²) in [5, 5.41) is 20.3. The van der Waals surface area contributed by atoms with Gasteiger partial charge in [0.2, 0.25) is 5.75 Å². The van der Waals surface area contributed by atoms with E-state index >= 15 is 0 Å². The minimum Gasteiger partial charge on any atom is -0.504 e. The van der Waals surface area contributed by atoms with Crippen molar-refractivity contribution >= 4 is 26.9 Å². The monoisotopic (exact) mass is 553 g/mol. The topological polar surface area (TPSA) is 90.4 Å². The highest BCUT2D eigenvalue weighted by Gasteiger charge is 2.16. The van der Waals surface area contributed by atoms with Crippen LogP contribution < -0.4 is 10.2 Å². The van der Waals surface area contributed by atoms with Crippen molar-refractivity contribution in [3.05, 3.63) is 70.6 Å². The molecule has 190 valence electrons. The zero-order chi connectivity index (χ0) is 25.2. The minimum absolute atomic E-state index is 0.0976. The van der Waals surface area contributed by atoms with Crippen LogP contribution in [-0.4, -0.2) is 25.4 Å². The van der Waals surface area contributed by atoms with Gasteiger partial charge in [-0.15, -0.1) is 5.10 Å². The fraction of sp³-hybridized carbons (Fsp3) is 0.393. The number of unbranched alkanes of at least 4 members (excludes halogenated alkanes) is 7. The molecule has 0 aliphatic rings. The van der Waals surface area contributed by atoms with Crippen LogP contribution in [0.1, 0.15) is 57.1 Å². The van der Waals surface area contributed by atoms with Gasteiger partial charge in [0, 0.05) is 23.5 Å². The zero-order valence-electron chi connectivity index (χ0n) is 20.4. The van der Waals surface area contributed by atoms with Crippen LogP contribution in [0, 0.1) is 0 Å². The third-order valence-corrected chi connectivity index (χ3v) is 6.67. The second-order valence-electron chi connectivity index (χ2n) is 8.91. The normalized spacial score (nSPS) is 11.2. The van der Waals surface area contributed by atoms with E-state index in [1.54, 1.807) is 0 Å². The van der Waals surface area contributed by atoms with E-state index in [9.17, 15) is 9.90 Å². The SMILES string of the molecule is O=c1cc(-c2ccccc2)oc2c(OCc3cn(CCCCCCCCCCBr)nn3)c(O)ccc12. The van der Waals surface area contributed by atoms with Crippen LogP contribution in [0.15, 0.2) is 63.9 Å². The Balaban J connectivity index is 1.35. The summed E-state index contributed by atoms with van der Waals surface area (Å²) in [6.45, 7) is 0.908. The summed E-state index contributed by atoms with van der Waals surface area (Å²) in [6, 6.07) is 13.8. The number of aryl methyl sites for hydroxylation is 1. The summed E-state index contributed by atoms with van der Waals surface area (Å²) in [7, 11) is 0. The Kier molecular flexibility index (Phi) is 9.55. The van der Waals surface area contributed by atoms with Gasteiger partial charge in [-0.1, -0.05) is 90.0 Å². The van der Waals surface area contributed by atoms with Gasteiger partial charge in [-0.2, -0.15) is 0 Å². The predicted octanol–water partition coefficient (Wildman–Crippen LogP) is 6.85. The molecule has 0 saturated heterocycles. The van der Waals surface area contributed by atoms with Crippen LogP contribution in [0.4, 0.5) is 0 Å². The molecule has 4 aromatic rings. The molecule has 0 radical (unpaired) electrons. The predicted molar refractivity (Wildman–Crippen MR) is 145 cm³/mol. The second kappa shape index (κ2) is 13.3. The smallest absolute Gasteiger partial charge is 0.205 e. The van der Waals surface area contributed by atoms with E-state index in [2.05, 4.69) is 26.2 Å². The standard InChI is InChI=1S/C28H32BrN3O4/c29-16-10-5-3-1-2-4-6-11-17-32-19-22(30-31-32)20-35-28-24(33)15-14-23-25(34)18-26(36-27(23)28)21-12-8-7-9-13-21/h7-9,12-15,18-19,33H,1-6,10-11,16-17,20H2. The molecular weight excluding hydrogens is 522 g/mol. The molecule has 0 amide bonds. The molecule has 2 heterocycles. The van der Waals surface area contributed by atoms with Crippen LogP contribution in [-0.2, 0) is 13.2 Å². The van der Waals surface area contributed by atoms with Crippen LogP contribution >= 0.6 is 15.9 Å². The number of aromatic hydroxyl groups is 1. The lowest BCUT2D eigenvalue weighted by Crippen LogP contribution is -2.03. The Morgan fingerprint density at radius 2 is 1.67 bits per heavy atom. The fourth-order valence-corrected chi connectivity index (χ4v) is 4.55. The van der Waals surface area contributed by atoms with Crippen LogP contribution in [0.3, 0.4) is 0 Å². The van der Waals surface area contributed by atoms with Crippen molar-refractivity contribution in [3.8, 4) is 22.8 Å². The summed E-state index contributed by atoms with van der Waals surface area (Å²) in [5.41, 5.74) is 1.41. The summed E-state index contributed by atoms with van der Waals surface area (Å²) in [6.07, 6.45) is 11.8. The fourth-order valence-electron chi connectivity index (χ4n) is 4.16. The molecule has 0 atom stereocenters. The number of rotatable bonds is 14. The third kappa shape index (κ3) is 6.97. The lowest BCUT2D eigenvalue weighted by molar-refractivity contribution is 0.284. The van der Waals surface area contributed by atoms with Gasteiger partial charge >= 0.3 is 0 Å². The number of nitrogens with zero attached hydrogens (tertiary/aromatic N) is 3. The molecule has 36 heavy (non-hydrogen) atoms. The second-order valence-corrected chi connectivity index (χ2v) is 9.70. The molecule has 0 unspecified atom stereocenters. The van der Waals surface area contributed by atoms with E-state index < -0.39 is 0 Å². The van der Waals surface area contributed by atoms with Crippen molar-refractivity contribution in [3.63, 3.8) is 0 Å². The molecule has 1 N–H and O–H groups in total. The van der Waals surface area contributed by atoms with Gasteiger partial charge in [0.05, 0.1) is 11.6 Å². The van der Waals surface area contributed by atoms with Crippen molar-refractivity contribution in [2.45, 2.75) is 64.5 Å². The van der Waals surface area contributed by atoms with Gasteiger partial charge in [-0.05, 0) is 25.0 Å². The molecule has 2 aromatic carbocycles. The Morgan fingerprint density at radius 1 is 0.944 bits per heavy atom. The first-order valence-electron chi connectivity index (χ1n) is 12.6. The molecule has 0 aliphatic carbocycles. The molecule has 0 fully saturated rings. The van der Waals surface area contributed by atoms with Crippen molar-refractivity contribution in [2.24, 2.45) is 0 Å². The average Bonchev–Trinajstić information content (AvgIpc) is 3.35. The maximum atomic E-state index is 12.7. The highest BCUT2D eigenvalue weighted by atomic mass is 79.9. The number of alkyl halides is 1. The van der Waals surface area contributed by atoms with Crippen LogP contribution in [0.25, 0.3) is 22.3 Å². The van der Waals surface area contributed by atoms with Gasteiger partial charge < -0.3 is 14.3 Å². The number of halogens is 1. The van der Waals surface area contributed by atoms with Gasteiger partial charge in [0.25, 0.3) is 0 Å². The van der Waals surface area contributed by atoms with Crippen molar-refractivity contribution in [1.29, 1.82) is 0 Å². The number of fused-ring (bicyclic) bond motifs is 1. The molecule has 0 aliphatic heterocycles. The van der Waals surface area contributed by atoms with Gasteiger partial charge in [0.15, 0.2) is 16.8 Å². The number of phenols is 1. The van der Waals surface area contributed by atoms with Gasteiger partial charge in [-0.3, -0.25) is 9.48 Å². The van der Waals surface area contributed by atoms with Crippen LogP contribution in [0.2, 0.25) is 0 Å². The number of aromatic nitrogens is 3. The summed E-state index contributed by atoms with van der Waals surface area (Å²) in [5.74, 6) is 0.428. The summed E-state index contributed by atoms with van der Waals surface area (Å²) >= 11 is 3.48. The lowest BCUT2D eigenvalue weighted by Gasteiger charge is -2.10. The van der Waals surface area contributed by atoms with E-state index in [4.69, 9.17) is 9.15 Å². The van der Waals surface area contributed by atoms with Crippen molar-refractivity contribution in [1.82, 2.24) is 15.0 Å². The number of phenolic OH excluding ortho intramolecular Hbond substituents is 1.